The smallest absolute Gasteiger partial charge is 0.0850 e. The van der Waals surface area contributed by atoms with E-state index in [0.717, 1.165) is 41.7 Å². The Bertz CT molecular complexity index is 457. The lowest BCUT2D eigenvalue weighted by molar-refractivity contribution is 0.341. The Morgan fingerprint density at radius 1 is 1.38 bits per heavy atom. The molecule has 1 aromatic rings. The van der Waals surface area contributed by atoms with E-state index in [-0.39, 0.29) is 0 Å². The molecule has 1 heterocycles. The van der Waals surface area contributed by atoms with Crippen LogP contribution in [0, 0.1) is 11.8 Å². The number of nitrogens with one attached hydrogen (secondary N) is 1. The van der Waals surface area contributed by atoms with Crippen LogP contribution in [0.2, 0.25) is 5.02 Å². The molecule has 0 radical (unpaired) electrons. The van der Waals surface area contributed by atoms with Crippen molar-refractivity contribution in [3.05, 3.63) is 16.4 Å². The van der Waals surface area contributed by atoms with E-state index >= 15 is 0 Å². The van der Waals surface area contributed by atoms with E-state index in [2.05, 4.69) is 31.3 Å². The van der Waals surface area contributed by atoms with Crippen LogP contribution < -0.4 is 11.3 Å². The highest BCUT2D eigenvalue weighted by Crippen LogP contribution is 2.36. The van der Waals surface area contributed by atoms with Crippen molar-refractivity contribution in [2.75, 3.05) is 0 Å². The molecule has 3 unspecified atom stereocenters. The minimum absolute atomic E-state index is 0.297. The summed E-state index contributed by atoms with van der Waals surface area (Å²) < 4.78 is 2.04. The molecule has 5 heteroatoms. The fraction of sp³-hybridized carbons (Fsp3) is 0.812. The van der Waals surface area contributed by atoms with Crippen molar-refractivity contribution in [1.29, 1.82) is 0 Å². The van der Waals surface area contributed by atoms with Gasteiger partial charge in [0.1, 0.15) is 0 Å². The van der Waals surface area contributed by atoms with Crippen molar-refractivity contribution < 1.29 is 0 Å². The molecule has 3 atom stereocenters. The zero-order valence-electron chi connectivity index (χ0n) is 13.5. The summed E-state index contributed by atoms with van der Waals surface area (Å²) in [4.78, 5) is 0. The Labute approximate surface area is 133 Å². The summed E-state index contributed by atoms with van der Waals surface area (Å²) in [5.41, 5.74) is 5.18. The predicted molar refractivity (Wildman–Crippen MR) is 88.2 cm³/mol. The van der Waals surface area contributed by atoms with E-state index in [4.69, 9.17) is 17.4 Å². The molecular weight excluding hydrogens is 284 g/mol. The molecule has 2 rings (SSSR count). The normalized spacial score (nSPS) is 23.7. The van der Waals surface area contributed by atoms with Crippen molar-refractivity contribution >= 4 is 11.6 Å². The van der Waals surface area contributed by atoms with Crippen LogP contribution in [0.15, 0.2) is 0 Å². The van der Waals surface area contributed by atoms with Gasteiger partial charge in [-0.3, -0.25) is 16.0 Å². The molecule has 0 bridgehead atoms. The van der Waals surface area contributed by atoms with E-state index in [0.29, 0.717) is 12.0 Å². The second-order valence-corrected chi connectivity index (χ2v) is 6.58. The Balaban J connectivity index is 2.13. The van der Waals surface area contributed by atoms with Gasteiger partial charge in [-0.25, -0.2) is 0 Å². The maximum absolute atomic E-state index is 6.52. The van der Waals surface area contributed by atoms with Crippen LogP contribution in [0.3, 0.4) is 0 Å². The number of hydrogen-bond donors (Lipinski definition) is 2. The first-order valence-corrected chi connectivity index (χ1v) is 8.72. The fourth-order valence-electron chi connectivity index (χ4n) is 3.63. The van der Waals surface area contributed by atoms with Gasteiger partial charge in [-0.15, -0.1) is 0 Å². The zero-order chi connectivity index (χ0) is 15.4. The van der Waals surface area contributed by atoms with E-state index in [1.807, 2.05) is 4.68 Å². The van der Waals surface area contributed by atoms with Gasteiger partial charge in [-0.05, 0) is 38.0 Å². The second kappa shape index (κ2) is 7.61. The molecule has 1 aliphatic carbocycles. The molecule has 1 aromatic heterocycles. The summed E-state index contributed by atoms with van der Waals surface area (Å²) in [5.74, 6) is 7.36. The molecule has 0 saturated heterocycles. The van der Waals surface area contributed by atoms with Gasteiger partial charge in [0.25, 0.3) is 0 Å². The predicted octanol–water partition coefficient (Wildman–Crippen LogP) is 3.32. The third kappa shape index (κ3) is 3.61. The zero-order valence-corrected chi connectivity index (χ0v) is 14.3. The molecule has 3 N–H and O–H groups in total. The summed E-state index contributed by atoms with van der Waals surface area (Å²) >= 11 is 6.52. The molecule has 0 spiro atoms. The van der Waals surface area contributed by atoms with Crippen LogP contribution in [0.5, 0.6) is 0 Å². The molecule has 1 saturated carbocycles. The summed E-state index contributed by atoms with van der Waals surface area (Å²) in [7, 11) is 0. The van der Waals surface area contributed by atoms with Gasteiger partial charge in [-0.1, -0.05) is 38.3 Å². The van der Waals surface area contributed by atoms with Gasteiger partial charge < -0.3 is 0 Å². The molecule has 1 fully saturated rings. The van der Waals surface area contributed by atoms with Crippen molar-refractivity contribution in [1.82, 2.24) is 15.2 Å². The maximum atomic E-state index is 6.52. The summed E-state index contributed by atoms with van der Waals surface area (Å²) in [6.07, 6.45) is 6.91. The lowest BCUT2D eigenvalue weighted by Crippen LogP contribution is -2.42. The number of nitrogens with two attached hydrogens (primary N) is 1. The molecule has 0 aromatic carbocycles. The highest BCUT2D eigenvalue weighted by atomic mass is 35.5. The third-order valence-electron chi connectivity index (χ3n) is 5.05. The first-order valence-electron chi connectivity index (χ1n) is 8.34. The van der Waals surface area contributed by atoms with Gasteiger partial charge in [0.2, 0.25) is 0 Å². The summed E-state index contributed by atoms with van der Waals surface area (Å²) in [5, 5.41) is 5.45. The topological polar surface area (TPSA) is 55.9 Å². The minimum atomic E-state index is 0.297. The average Bonchev–Trinajstić information content (AvgIpc) is 3.09. The number of halogens is 1. The Kier molecular flexibility index (Phi) is 6.08. The average molecular weight is 313 g/mol. The highest BCUT2D eigenvalue weighted by molar-refractivity contribution is 6.31. The highest BCUT2D eigenvalue weighted by Gasteiger charge is 2.31. The molecule has 120 valence electrons. The van der Waals surface area contributed by atoms with Crippen molar-refractivity contribution in [3.8, 4) is 0 Å². The Morgan fingerprint density at radius 3 is 2.67 bits per heavy atom. The van der Waals surface area contributed by atoms with E-state index < -0.39 is 0 Å². The van der Waals surface area contributed by atoms with E-state index in [1.54, 1.807) is 0 Å². The van der Waals surface area contributed by atoms with Crippen LogP contribution >= 0.6 is 11.6 Å². The summed E-state index contributed by atoms with van der Waals surface area (Å²) in [6.45, 7) is 7.35. The first kappa shape index (κ1) is 16.8. The Hall–Kier alpha value is -0.580. The van der Waals surface area contributed by atoms with Gasteiger partial charge in [-0.2, -0.15) is 5.10 Å². The van der Waals surface area contributed by atoms with Gasteiger partial charge in [0.15, 0.2) is 0 Å². The number of nitrogens with zero attached hydrogens (tertiary/aromatic N) is 2. The number of aryl methyl sites for hydroxylation is 2. The van der Waals surface area contributed by atoms with Crippen LogP contribution in [0.25, 0.3) is 0 Å². The molecule has 0 amide bonds. The minimum Gasteiger partial charge on any atom is -0.271 e. The molecular formula is C16H29ClN4. The SMILES string of the molecule is CCc1nn(CC)c(CC(NN)C2CCC(CC)C2)c1Cl. The van der Waals surface area contributed by atoms with Crippen LogP contribution in [-0.2, 0) is 19.4 Å². The number of aromatic nitrogens is 2. The van der Waals surface area contributed by atoms with Crippen molar-refractivity contribution in [2.24, 2.45) is 17.7 Å². The molecule has 0 aliphatic heterocycles. The standard InChI is InChI=1S/C16H29ClN4/c1-4-11-7-8-12(9-11)14(19-18)10-15-16(17)13(5-2)20-21(15)6-3/h11-12,14,19H,4-10,18H2,1-3H3. The quantitative estimate of drug-likeness (QED) is 0.600. The lowest BCUT2D eigenvalue weighted by atomic mass is 9.93. The number of hydrogen-bond acceptors (Lipinski definition) is 3. The lowest BCUT2D eigenvalue weighted by Gasteiger charge is -2.23. The fourth-order valence-corrected chi connectivity index (χ4v) is 3.98. The van der Waals surface area contributed by atoms with E-state index in [1.165, 1.54) is 25.7 Å². The molecule has 4 nitrogen and oxygen atoms in total. The van der Waals surface area contributed by atoms with Gasteiger partial charge in [0, 0.05) is 19.0 Å². The molecule has 21 heavy (non-hydrogen) atoms. The number of rotatable bonds is 7. The van der Waals surface area contributed by atoms with Gasteiger partial charge >= 0.3 is 0 Å². The third-order valence-corrected chi connectivity index (χ3v) is 5.49. The monoisotopic (exact) mass is 312 g/mol. The van der Waals surface area contributed by atoms with Gasteiger partial charge in [0.05, 0.1) is 16.4 Å². The summed E-state index contributed by atoms with van der Waals surface area (Å²) in [6, 6.07) is 0.297. The van der Waals surface area contributed by atoms with Crippen molar-refractivity contribution in [3.63, 3.8) is 0 Å². The molecule has 1 aliphatic rings. The van der Waals surface area contributed by atoms with Crippen LogP contribution in [0.4, 0.5) is 0 Å². The second-order valence-electron chi connectivity index (χ2n) is 6.20. The first-order chi connectivity index (χ1) is 10.1. The van der Waals surface area contributed by atoms with Crippen molar-refractivity contribution in [2.45, 2.75) is 71.9 Å². The maximum Gasteiger partial charge on any atom is 0.0850 e. The van der Waals surface area contributed by atoms with Crippen LogP contribution in [0.1, 0.15) is 57.8 Å². The van der Waals surface area contributed by atoms with E-state index in [9.17, 15) is 0 Å². The number of hydrazine groups is 1. The van der Waals surface area contributed by atoms with Crippen LogP contribution in [-0.4, -0.2) is 15.8 Å². The Morgan fingerprint density at radius 2 is 2.14 bits per heavy atom. The largest absolute Gasteiger partial charge is 0.271 e.